The molecule has 2 N–H and O–H groups in total. The first-order valence-electron chi connectivity index (χ1n) is 5.46. The van der Waals surface area contributed by atoms with Crippen molar-refractivity contribution in [3.05, 3.63) is 34.6 Å². The van der Waals surface area contributed by atoms with Crippen LogP contribution in [0.1, 0.15) is 25.3 Å². The second kappa shape index (κ2) is 6.84. The van der Waals surface area contributed by atoms with Gasteiger partial charge in [0.2, 0.25) is 0 Å². The summed E-state index contributed by atoms with van der Waals surface area (Å²) in [6.07, 6.45) is 1.18. The van der Waals surface area contributed by atoms with Crippen LogP contribution in [0.3, 0.4) is 0 Å². The number of nitrogens with one attached hydrogen (secondary N) is 1. The van der Waals surface area contributed by atoms with Crippen LogP contribution in [0.15, 0.2) is 18.2 Å². The molecular formula is C12H17ClFNO. The van der Waals surface area contributed by atoms with E-state index in [9.17, 15) is 9.50 Å². The quantitative estimate of drug-likeness (QED) is 0.756. The van der Waals surface area contributed by atoms with Gasteiger partial charge < -0.3 is 10.4 Å². The van der Waals surface area contributed by atoms with Crippen LogP contribution >= 0.6 is 11.6 Å². The van der Waals surface area contributed by atoms with Gasteiger partial charge in [0, 0.05) is 11.6 Å². The molecule has 4 heteroatoms. The fraction of sp³-hybridized carbons (Fsp3) is 0.500. The van der Waals surface area contributed by atoms with Gasteiger partial charge in [-0.1, -0.05) is 18.5 Å². The van der Waals surface area contributed by atoms with Crippen LogP contribution in [0.2, 0.25) is 5.02 Å². The number of rotatable bonds is 6. The minimum Gasteiger partial charge on any atom is -0.393 e. The van der Waals surface area contributed by atoms with E-state index in [1.165, 1.54) is 12.1 Å². The van der Waals surface area contributed by atoms with E-state index in [0.717, 1.165) is 12.0 Å². The minimum absolute atomic E-state index is 0.268. The van der Waals surface area contributed by atoms with E-state index in [1.54, 1.807) is 6.07 Å². The minimum atomic E-state index is -0.283. The zero-order valence-corrected chi connectivity index (χ0v) is 10.1. The van der Waals surface area contributed by atoms with Gasteiger partial charge in [0.25, 0.3) is 0 Å². The van der Waals surface area contributed by atoms with Crippen molar-refractivity contribution in [2.24, 2.45) is 0 Å². The highest BCUT2D eigenvalue weighted by atomic mass is 35.5. The van der Waals surface area contributed by atoms with E-state index in [1.807, 2.05) is 6.92 Å². The summed E-state index contributed by atoms with van der Waals surface area (Å²) < 4.78 is 12.9. The largest absolute Gasteiger partial charge is 0.393 e. The number of hydrogen-bond acceptors (Lipinski definition) is 2. The molecule has 16 heavy (non-hydrogen) atoms. The Balaban J connectivity index is 2.34. The molecule has 0 saturated heterocycles. The maximum Gasteiger partial charge on any atom is 0.123 e. The third-order valence-electron chi connectivity index (χ3n) is 2.45. The van der Waals surface area contributed by atoms with Crippen LogP contribution in [0.4, 0.5) is 4.39 Å². The standard InChI is InChI=1S/C12H17ClFNO/c1-2-11(16)5-6-15-8-9-7-10(14)3-4-12(9)13/h3-4,7,11,15-16H,2,5-6,8H2,1H3. The van der Waals surface area contributed by atoms with E-state index >= 15 is 0 Å². The van der Waals surface area contributed by atoms with E-state index in [0.29, 0.717) is 24.5 Å². The molecule has 0 radical (unpaired) electrons. The Bertz CT molecular complexity index is 333. The number of aliphatic hydroxyl groups excluding tert-OH is 1. The van der Waals surface area contributed by atoms with E-state index < -0.39 is 0 Å². The molecule has 0 amide bonds. The van der Waals surface area contributed by atoms with Gasteiger partial charge in [0.05, 0.1) is 6.10 Å². The van der Waals surface area contributed by atoms with Gasteiger partial charge >= 0.3 is 0 Å². The van der Waals surface area contributed by atoms with Crippen LogP contribution in [0, 0.1) is 5.82 Å². The van der Waals surface area contributed by atoms with E-state index in [-0.39, 0.29) is 11.9 Å². The normalized spacial score (nSPS) is 12.8. The Morgan fingerprint density at radius 3 is 2.94 bits per heavy atom. The van der Waals surface area contributed by atoms with Gasteiger partial charge in [-0.2, -0.15) is 0 Å². The van der Waals surface area contributed by atoms with Crippen molar-refractivity contribution < 1.29 is 9.50 Å². The molecule has 1 atom stereocenters. The zero-order chi connectivity index (χ0) is 12.0. The highest BCUT2D eigenvalue weighted by Gasteiger charge is 2.03. The molecule has 0 heterocycles. The first-order chi connectivity index (χ1) is 7.63. The molecule has 0 aliphatic carbocycles. The highest BCUT2D eigenvalue weighted by molar-refractivity contribution is 6.31. The molecule has 0 spiro atoms. The smallest absolute Gasteiger partial charge is 0.123 e. The Morgan fingerprint density at radius 1 is 1.50 bits per heavy atom. The van der Waals surface area contributed by atoms with E-state index in [4.69, 9.17) is 11.6 Å². The van der Waals surface area contributed by atoms with Gasteiger partial charge in [-0.3, -0.25) is 0 Å². The molecule has 0 aromatic heterocycles. The first kappa shape index (κ1) is 13.4. The fourth-order valence-electron chi connectivity index (χ4n) is 1.37. The Kier molecular flexibility index (Phi) is 5.74. The lowest BCUT2D eigenvalue weighted by Crippen LogP contribution is -2.20. The van der Waals surface area contributed by atoms with Crippen LogP contribution in [-0.4, -0.2) is 17.8 Å². The third-order valence-corrected chi connectivity index (χ3v) is 2.82. The highest BCUT2D eigenvalue weighted by Crippen LogP contribution is 2.16. The Hall–Kier alpha value is -0.640. The van der Waals surface area contributed by atoms with Crippen LogP contribution in [0.25, 0.3) is 0 Å². The van der Waals surface area contributed by atoms with Crippen molar-refractivity contribution in [1.29, 1.82) is 0 Å². The summed E-state index contributed by atoms with van der Waals surface area (Å²) in [4.78, 5) is 0. The van der Waals surface area contributed by atoms with Gasteiger partial charge in [-0.15, -0.1) is 0 Å². The summed E-state index contributed by atoms with van der Waals surface area (Å²) in [5.41, 5.74) is 0.743. The van der Waals surface area contributed by atoms with Crippen LogP contribution < -0.4 is 5.32 Å². The molecule has 90 valence electrons. The third kappa shape index (κ3) is 4.47. The molecule has 1 rings (SSSR count). The molecule has 0 saturated carbocycles. The van der Waals surface area contributed by atoms with Crippen molar-refractivity contribution >= 4 is 11.6 Å². The maximum atomic E-state index is 12.9. The van der Waals surface area contributed by atoms with Gasteiger partial charge in [-0.25, -0.2) is 4.39 Å². The first-order valence-corrected chi connectivity index (χ1v) is 5.84. The summed E-state index contributed by atoms with van der Waals surface area (Å²) in [7, 11) is 0. The van der Waals surface area contributed by atoms with Crippen molar-refractivity contribution in [3.63, 3.8) is 0 Å². The van der Waals surface area contributed by atoms with Crippen molar-refractivity contribution in [1.82, 2.24) is 5.32 Å². The number of aliphatic hydroxyl groups is 1. The number of hydrogen-bond donors (Lipinski definition) is 2. The summed E-state index contributed by atoms with van der Waals surface area (Å²) in [6, 6.07) is 4.31. The van der Waals surface area contributed by atoms with E-state index in [2.05, 4.69) is 5.32 Å². The second-order valence-electron chi connectivity index (χ2n) is 3.76. The molecule has 1 unspecified atom stereocenters. The van der Waals surface area contributed by atoms with Crippen molar-refractivity contribution in [2.75, 3.05) is 6.54 Å². The van der Waals surface area contributed by atoms with Gasteiger partial charge in [0.15, 0.2) is 0 Å². The Morgan fingerprint density at radius 2 is 2.25 bits per heavy atom. The summed E-state index contributed by atoms with van der Waals surface area (Å²) in [5, 5.41) is 13.0. The average Bonchev–Trinajstić information content (AvgIpc) is 2.28. The van der Waals surface area contributed by atoms with Crippen LogP contribution in [-0.2, 0) is 6.54 Å². The summed E-state index contributed by atoms with van der Waals surface area (Å²) in [5.74, 6) is -0.283. The molecule has 0 aliphatic heterocycles. The van der Waals surface area contributed by atoms with Gasteiger partial charge in [-0.05, 0) is 43.1 Å². The van der Waals surface area contributed by atoms with Crippen molar-refractivity contribution in [2.45, 2.75) is 32.4 Å². The lowest BCUT2D eigenvalue weighted by molar-refractivity contribution is 0.159. The zero-order valence-electron chi connectivity index (χ0n) is 9.34. The SMILES string of the molecule is CCC(O)CCNCc1cc(F)ccc1Cl. The molecular weight excluding hydrogens is 229 g/mol. The second-order valence-corrected chi connectivity index (χ2v) is 4.17. The predicted molar refractivity (Wildman–Crippen MR) is 64.0 cm³/mol. The van der Waals surface area contributed by atoms with Crippen LogP contribution in [0.5, 0.6) is 0 Å². The summed E-state index contributed by atoms with van der Waals surface area (Å²) in [6.45, 7) is 3.16. The number of benzene rings is 1. The molecule has 0 bridgehead atoms. The average molecular weight is 246 g/mol. The summed E-state index contributed by atoms with van der Waals surface area (Å²) >= 11 is 5.91. The monoisotopic (exact) mass is 245 g/mol. The lowest BCUT2D eigenvalue weighted by Gasteiger charge is -2.09. The molecule has 0 aliphatic rings. The molecule has 1 aromatic rings. The maximum absolute atomic E-state index is 12.9. The van der Waals surface area contributed by atoms with Crippen molar-refractivity contribution in [3.8, 4) is 0 Å². The fourth-order valence-corrected chi connectivity index (χ4v) is 1.56. The predicted octanol–water partition coefficient (Wildman–Crippen LogP) is 2.73. The Labute approximate surface area is 100 Å². The van der Waals surface area contributed by atoms with Gasteiger partial charge in [0.1, 0.15) is 5.82 Å². The number of halogens is 2. The lowest BCUT2D eigenvalue weighted by atomic mass is 10.2. The molecule has 1 aromatic carbocycles. The topological polar surface area (TPSA) is 32.3 Å². The molecule has 0 fully saturated rings. The molecule has 2 nitrogen and oxygen atoms in total.